The molecule has 7 nitrogen and oxygen atoms in total. The minimum absolute atomic E-state index is 0.0883. The first-order chi connectivity index (χ1) is 13.3. The van der Waals surface area contributed by atoms with Crippen molar-refractivity contribution in [3.8, 4) is 11.8 Å². The van der Waals surface area contributed by atoms with Crippen molar-refractivity contribution in [1.82, 2.24) is 0 Å². The summed E-state index contributed by atoms with van der Waals surface area (Å²) < 4.78 is 50.7. The van der Waals surface area contributed by atoms with Gasteiger partial charge in [-0.1, -0.05) is 12.1 Å². The quantitative estimate of drug-likeness (QED) is 0.625. The summed E-state index contributed by atoms with van der Waals surface area (Å²) in [7, 11) is -3.00. The van der Waals surface area contributed by atoms with Crippen molar-refractivity contribution < 1.29 is 27.1 Å². The first-order valence-electron chi connectivity index (χ1n) is 8.31. The zero-order valence-electron chi connectivity index (χ0n) is 15.4. The molecule has 0 spiro atoms. The molecule has 0 bridgehead atoms. The van der Waals surface area contributed by atoms with E-state index in [-0.39, 0.29) is 29.4 Å². The first kappa shape index (κ1) is 21.2. The number of benzene rings is 2. The Kier molecular flexibility index (Phi) is 6.95. The molecule has 0 radical (unpaired) electrons. The molecule has 0 unspecified atom stereocenters. The number of sulfonamides is 1. The molecule has 28 heavy (non-hydrogen) atoms. The lowest BCUT2D eigenvalue weighted by atomic mass is 10.1. The van der Waals surface area contributed by atoms with Gasteiger partial charge in [0, 0.05) is 0 Å². The van der Waals surface area contributed by atoms with Gasteiger partial charge < -0.3 is 9.47 Å². The van der Waals surface area contributed by atoms with Crippen molar-refractivity contribution in [2.24, 2.45) is 0 Å². The average molecular weight is 406 g/mol. The molecule has 9 heteroatoms. The molecule has 0 fully saturated rings. The number of ether oxygens (including phenoxy) is 2. The van der Waals surface area contributed by atoms with Crippen LogP contribution in [0.1, 0.15) is 12.5 Å². The largest absolute Gasteiger partial charge is 0.494 e. The first-order valence-corrected chi connectivity index (χ1v) is 9.75. The van der Waals surface area contributed by atoms with Gasteiger partial charge in [-0.15, -0.1) is 0 Å². The van der Waals surface area contributed by atoms with E-state index < -0.39 is 28.4 Å². The van der Waals surface area contributed by atoms with Gasteiger partial charge in [0.05, 0.1) is 36.8 Å². The standard InChI is InChI=1S/C19H19FN2O5S/c1-3-27-19(23)13-22(15-6-4-14(5-7-15)10-11-21)28(24,25)16-8-9-18(26-2)17(20)12-16/h4-9,12H,3,10,13H2,1-2H3. The summed E-state index contributed by atoms with van der Waals surface area (Å²) in [4.78, 5) is 11.6. The van der Waals surface area contributed by atoms with Gasteiger partial charge in [0.25, 0.3) is 10.0 Å². The predicted octanol–water partition coefficient (Wildman–Crippen LogP) is 2.66. The van der Waals surface area contributed by atoms with Crippen LogP contribution in [-0.4, -0.2) is 34.6 Å². The Morgan fingerprint density at radius 3 is 2.43 bits per heavy atom. The molecule has 2 aromatic carbocycles. The zero-order chi connectivity index (χ0) is 20.7. The molecule has 0 amide bonds. The van der Waals surface area contributed by atoms with Crippen LogP contribution >= 0.6 is 0 Å². The number of hydrogen-bond acceptors (Lipinski definition) is 6. The molecule has 0 saturated heterocycles. The van der Waals surface area contributed by atoms with Gasteiger partial charge in [-0.2, -0.15) is 5.26 Å². The lowest BCUT2D eigenvalue weighted by Crippen LogP contribution is -2.36. The number of halogens is 1. The normalized spacial score (nSPS) is 10.8. The Hall–Kier alpha value is -3.12. The van der Waals surface area contributed by atoms with E-state index in [1.54, 1.807) is 19.1 Å². The molecular weight excluding hydrogens is 387 g/mol. The molecule has 0 aliphatic heterocycles. The number of rotatable bonds is 8. The molecule has 0 atom stereocenters. The number of nitrogens with zero attached hydrogens (tertiary/aromatic N) is 2. The summed E-state index contributed by atoms with van der Waals surface area (Å²) >= 11 is 0. The van der Waals surface area contributed by atoms with Crippen molar-refractivity contribution in [1.29, 1.82) is 5.26 Å². The maximum Gasteiger partial charge on any atom is 0.326 e. The second-order valence-electron chi connectivity index (χ2n) is 5.61. The maximum atomic E-state index is 14.0. The Labute approximate surface area is 163 Å². The SMILES string of the molecule is CCOC(=O)CN(c1ccc(CC#N)cc1)S(=O)(=O)c1ccc(OC)c(F)c1. The molecular formula is C19H19FN2O5S. The van der Waals surface area contributed by atoms with Crippen LogP contribution in [0.15, 0.2) is 47.4 Å². The summed E-state index contributed by atoms with van der Waals surface area (Å²) in [6.07, 6.45) is 0.161. The predicted molar refractivity (Wildman–Crippen MR) is 99.9 cm³/mol. The van der Waals surface area contributed by atoms with Gasteiger partial charge in [-0.05, 0) is 42.8 Å². The fraction of sp³-hybridized carbons (Fsp3) is 0.263. The van der Waals surface area contributed by atoms with E-state index in [2.05, 4.69) is 0 Å². The number of esters is 1. The number of methoxy groups -OCH3 is 1. The Balaban J connectivity index is 2.49. The zero-order valence-corrected chi connectivity index (χ0v) is 16.2. The molecule has 0 aromatic heterocycles. The molecule has 2 rings (SSSR count). The van der Waals surface area contributed by atoms with Gasteiger partial charge in [-0.3, -0.25) is 9.10 Å². The van der Waals surface area contributed by atoms with E-state index in [1.165, 1.54) is 31.4 Å². The molecule has 0 heterocycles. The highest BCUT2D eigenvalue weighted by molar-refractivity contribution is 7.92. The smallest absolute Gasteiger partial charge is 0.326 e. The highest BCUT2D eigenvalue weighted by Crippen LogP contribution is 2.27. The van der Waals surface area contributed by atoms with Gasteiger partial charge in [0.15, 0.2) is 11.6 Å². The maximum absolute atomic E-state index is 14.0. The lowest BCUT2D eigenvalue weighted by Gasteiger charge is -2.24. The summed E-state index contributed by atoms with van der Waals surface area (Å²) in [5.74, 6) is -1.69. The van der Waals surface area contributed by atoms with Crippen LogP contribution < -0.4 is 9.04 Å². The summed E-state index contributed by atoms with van der Waals surface area (Å²) in [5, 5.41) is 8.76. The van der Waals surface area contributed by atoms with Crippen LogP contribution in [-0.2, 0) is 26.0 Å². The van der Waals surface area contributed by atoms with Crippen LogP contribution in [0.2, 0.25) is 0 Å². The molecule has 0 saturated carbocycles. The number of anilines is 1. The summed E-state index contributed by atoms with van der Waals surface area (Å²) in [6, 6.07) is 11.3. The third-order valence-corrected chi connectivity index (χ3v) is 5.57. The van der Waals surface area contributed by atoms with E-state index in [0.29, 0.717) is 5.56 Å². The lowest BCUT2D eigenvalue weighted by molar-refractivity contribution is -0.141. The number of nitriles is 1. The van der Waals surface area contributed by atoms with Crippen LogP contribution in [0.3, 0.4) is 0 Å². The van der Waals surface area contributed by atoms with Crippen molar-refractivity contribution in [3.05, 3.63) is 53.8 Å². The van der Waals surface area contributed by atoms with E-state index >= 15 is 0 Å². The minimum atomic E-state index is -4.27. The fourth-order valence-electron chi connectivity index (χ4n) is 2.45. The van der Waals surface area contributed by atoms with Crippen LogP contribution in [0, 0.1) is 17.1 Å². The number of carbonyl (C=O) groups excluding carboxylic acids is 1. The van der Waals surface area contributed by atoms with Crippen LogP contribution in [0.4, 0.5) is 10.1 Å². The van der Waals surface area contributed by atoms with Gasteiger partial charge in [0.2, 0.25) is 0 Å². The number of carbonyl (C=O) groups is 1. The average Bonchev–Trinajstić information content (AvgIpc) is 2.67. The minimum Gasteiger partial charge on any atom is -0.494 e. The van der Waals surface area contributed by atoms with Crippen molar-refractivity contribution in [3.63, 3.8) is 0 Å². The van der Waals surface area contributed by atoms with Gasteiger partial charge in [-0.25, -0.2) is 12.8 Å². The molecule has 0 N–H and O–H groups in total. The summed E-state index contributed by atoms with van der Waals surface area (Å²) in [5.41, 5.74) is 0.876. The van der Waals surface area contributed by atoms with Gasteiger partial charge >= 0.3 is 5.97 Å². The number of hydrogen-bond donors (Lipinski definition) is 0. The molecule has 0 aliphatic rings. The molecule has 148 valence electrons. The molecule has 2 aromatic rings. The third-order valence-electron chi connectivity index (χ3n) is 3.80. The highest BCUT2D eigenvalue weighted by atomic mass is 32.2. The summed E-state index contributed by atoms with van der Waals surface area (Å²) in [6.45, 7) is 1.11. The van der Waals surface area contributed by atoms with Crippen LogP contribution in [0.25, 0.3) is 0 Å². The van der Waals surface area contributed by atoms with E-state index in [1.807, 2.05) is 6.07 Å². The van der Waals surface area contributed by atoms with Crippen molar-refractivity contribution in [2.45, 2.75) is 18.2 Å². The Bertz CT molecular complexity index is 984. The second kappa shape index (κ2) is 9.19. The monoisotopic (exact) mass is 406 g/mol. The topological polar surface area (TPSA) is 96.7 Å². The molecule has 0 aliphatic carbocycles. The Morgan fingerprint density at radius 2 is 1.89 bits per heavy atom. The third kappa shape index (κ3) is 4.78. The Morgan fingerprint density at radius 1 is 1.21 bits per heavy atom. The fourth-order valence-corrected chi connectivity index (χ4v) is 3.87. The van der Waals surface area contributed by atoms with Crippen molar-refractivity contribution in [2.75, 3.05) is 24.6 Å². The highest BCUT2D eigenvalue weighted by Gasteiger charge is 2.28. The van der Waals surface area contributed by atoms with E-state index in [0.717, 1.165) is 10.4 Å². The van der Waals surface area contributed by atoms with Crippen LogP contribution in [0.5, 0.6) is 5.75 Å². The van der Waals surface area contributed by atoms with E-state index in [9.17, 15) is 17.6 Å². The van der Waals surface area contributed by atoms with Gasteiger partial charge in [0.1, 0.15) is 6.54 Å². The second-order valence-corrected chi connectivity index (χ2v) is 7.48. The van der Waals surface area contributed by atoms with Crippen molar-refractivity contribution >= 4 is 21.7 Å². The van der Waals surface area contributed by atoms with E-state index in [4.69, 9.17) is 14.7 Å².